The van der Waals surface area contributed by atoms with Gasteiger partial charge in [0.2, 0.25) is 0 Å². The molecule has 2 aromatic rings. The second kappa shape index (κ2) is 5.67. The number of carbonyl (C=O) groups excluding carboxylic acids is 1. The number of nitrogen functional groups attached to an aromatic ring is 1. The fraction of sp³-hybridized carbons (Fsp3) is 0.200. The van der Waals surface area contributed by atoms with Crippen LogP contribution in [0.3, 0.4) is 0 Å². The fourth-order valence-corrected chi connectivity index (χ4v) is 2.12. The summed E-state index contributed by atoms with van der Waals surface area (Å²) in [7, 11) is 0. The van der Waals surface area contributed by atoms with Gasteiger partial charge in [0, 0.05) is 17.8 Å². The van der Waals surface area contributed by atoms with Crippen molar-refractivity contribution in [3.05, 3.63) is 39.6 Å². The number of amides is 1. The normalized spacial score (nSPS) is 10.4. The van der Waals surface area contributed by atoms with E-state index in [-0.39, 0.29) is 11.3 Å². The van der Waals surface area contributed by atoms with Crippen LogP contribution in [0.4, 0.5) is 0 Å². The van der Waals surface area contributed by atoms with E-state index in [9.17, 15) is 9.59 Å². The van der Waals surface area contributed by atoms with Crippen LogP contribution in [-0.4, -0.2) is 21.0 Å². The number of hydrogen-bond donors (Lipinski definition) is 3. The number of hydrazine groups is 1. The highest BCUT2D eigenvalue weighted by molar-refractivity contribution is 7.98. The molecule has 0 aliphatic rings. The van der Waals surface area contributed by atoms with Crippen LogP contribution in [0.25, 0.3) is 0 Å². The Morgan fingerprint density at radius 3 is 3.05 bits per heavy atom. The van der Waals surface area contributed by atoms with Gasteiger partial charge in [0.15, 0.2) is 10.9 Å². The first-order valence-corrected chi connectivity index (χ1v) is 6.24. The highest BCUT2D eigenvalue weighted by Gasteiger charge is 2.11. The molecule has 9 heteroatoms. The smallest absolute Gasteiger partial charge is 0.287 e. The van der Waals surface area contributed by atoms with E-state index in [0.29, 0.717) is 22.4 Å². The van der Waals surface area contributed by atoms with Gasteiger partial charge in [-0.3, -0.25) is 15.0 Å². The Morgan fingerprint density at radius 2 is 2.37 bits per heavy atom. The zero-order chi connectivity index (χ0) is 13.8. The third-order valence-corrected chi connectivity index (χ3v) is 3.02. The minimum atomic E-state index is -0.526. The molecule has 0 radical (unpaired) electrons. The van der Waals surface area contributed by atoms with Crippen LogP contribution in [0.1, 0.15) is 21.9 Å². The Balaban J connectivity index is 2.04. The summed E-state index contributed by atoms with van der Waals surface area (Å²) in [6.45, 7) is 1.73. The molecule has 100 valence electrons. The number of aromatic nitrogens is 3. The Morgan fingerprint density at radius 1 is 1.58 bits per heavy atom. The number of thioether (sulfide) groups is 1. The van der Waals surface area contributed by atoms with E-state index in [1.54, 1.807) is 6.92 Å². The Labute approximate surface area is 111 Å². The van der Waals surface area contributed by atoms with Crippen molar-refractivity contribution in [3.63, 3.8) is 0 Å². The molecule has 0 saturated carbocycles. The molecule has 0 saturated heterocycles. The number of nitrogens with two attached hydrogens (primary N) is 1. The van der Waals surface area contributed by atoms with E-state index in [1.165, 1.54) is 23.9 Å². The average Bonchev–Trinajstić information content (AvgIpc) is 2.83. The van der Waals surface area contributed by atoms with Crippen LogP contribution >= 0.6 is 11.8 Å². The van der Waals surface area contributed by atoms with Crippen molar-refractivity contribution >= 4 is 17.7 Å². The molecule has 1 amide bonds. The summed E-state index contributed by atoms with van der Waals surface area (Å²) in [5.41, 5.74) is 2.48. The topological polar surface area (TPSA) is 127 Å². The quantitative estimate of drug-likeness (QED) is 0.236. The van der Waals surface area contributed by atoms with Gasteiger partial charge in [-0.1, -0.05) is 16.9 Å². The van der Waals surface area contributed by atoms with Crippen molar-refractivity contribution in [2.45, 2.75) is 17.8 Å². The van der Waals surface area contributed by atoms with Crippen LogP contribution in [0.5, 0.6) is 0 Å². The molecule has 2 rings (SSSR count). The molecule has 0 aromatic carbocycles. The van der Waals surface area contributed by atoms with Crippen LogP contribution in [0.15, 0.2) is 26.6 Å². The predicted molar refractivity (Wildman–Crippen MR) is 67.3 cm³/mol. The second-order valence-electron chi connectivity index (χ2n) is 3.63. The van der Waals surface area contributed by atoms with Gasteiger partial charge in [0.05, 0.1) is 5.75 Å². The van der Waals surface area contributed by atoms with Gasteiger partial charge >= 0.3 is 0 Å². The number of hydrogen-bond acceptors (Lipinski definition) is 7. The van der Waals surface area contributed by atoms with Crippen molar-refractivity contribution in [1.29, 1.82) is 0 Å². The molecular formula is C10H11N5O3S. The predicted octanol–water partition coefficient (Wildman–Crippen LogP) is -0.0379. The third kappa shape index (κ3) is 3.42. The maximum atomic E-state index is 11.2. The summed E-state index contributed by atoms with van der Waals surface area (Å²) < 4.78 is 4.96. The van der Waals surface area contributed by atoms with E-state index < -0.39 is 5.91 Å². The number of aryl methyl sites for hydroxylation is 1. The number of nitrogens with zero attached hydrogens (tertiary/aromatic N) is 2. The summed E-state index contributed by atoms with van der Waals surface area (Å²) in [6.07, 6.45) is 0. The summed E-state index contributed by atoms with van der Waals surface area (Å²) in [5, 5.41) is 4.04. The molecule has 0 bridgehead atoms. The number of aromatic amines is 1. The van der Waals surface area contributed by atoms with Gasteiger partial charge in [0.1, 0.15) is 5.76 Å². The SMILES string of the molecule is Cc1cc(=O)[nH]c(SCc2cc(C(=O)NN)no2)n1. The van der Waals surface area contributed by atoms with Crippen LogP contribution in [0, 0.1) is 6.92 Å². The number of nitrogens with one attached hydrogen (secondary N) is 2. The molecule has 0 aliphatic heterocycles. The lowest BCUT2D eigenvalue weighted by molar-refractivity contribution is 0.0944. The zero-order valence-electron chi connectivity index (χ0n) is 9.97. The lowest BCUT2D eigenvalue weighted by Gasteiger charge is -1.98. The Hall–Kier alpha value is -2.13. The minimum Gasteiger partial charge on any atom is -0.360 e. The second-order valence-corrected chi connectivity index (χ2v) is 4.60. The van der Waals surface area contributed by atoms with Crippen molar-refractivity contribution in [1.82, 2.24) is 20.6 Å². The van der Waals surface area contributed by atoms with Crippen LogP contribution in [-0.2, 0) is 5.75 Å². The van der Waals surface area contributed by atoms with Gasteiger partial charge in [0.25, 0.3) is 11.5 Å². The molecule has 4 N–H and O–H groups in total. The minimum absolute atomic E-state index is 0.101. The zero-order valence-corrected chi connectivity index (χ0v) is 10.8. The average molecular weight is 281 g/mol. The standard InChI is InChI=1S/C10H11N5O3S/c1-5-2-8(16)13-10(12-5)19-4-6-3-7(15-18-6)9(17)14-11/h2-3H,4,11H2,1H3,(H,14,17)(H,12,13,16). The highest BCUT2D eigenvalue weighted by atomic mass is 32.2. The number of rotatable bonds is 4. The fourth-order valence-electron chi connectivity index (χ4n) is 1.32. The Bertz CT molecular complexity index is 651. The van der Waals surface area contributed by atoms with E-state index in [4.69, 9.17) is 10.4 Å². The summed E-state index contributed by atoms with van der Waals surface area (Å²) in [5.74, 6) is 5.32. The lowest BCUT2D eigenvalue weighted by atomic mass is 10.4. The van der Waals surface area contributed by atoms with Crippen molar-refractivity contribution in [2.24, 2.45) is 5.84 Å². The van der Waals surface area contributed by atoms with Gasteiger partial charge in [-0.05, 0) is 6.92 Å². The number of H-pyrrole nitrogens is 1. The molecule has 2 heterocycles. The van der Waals surface area contributed by atoms with Gasteiger partial charge in [-0.2, -0.15) is 0 Å². The number of carbonyl (C=O) groups is 1. The maximum absolute atomic E-state index is 11.2. The first-order valence-electron chi connectivity index (χ1n) is 5.26. The maximum Gasteiger partial charge on any atom is 0.287 e. The van der Waals surface area contributed by atoms with E-state index in [2.05, 4.69) is 15.1 Å². The molecule has 19 heavy (non-hydrogen) atoms. The third-order valence-electron chi connectivity index (χ3n) is 2.12. The summed E-state index contributed by atoms with van der Waals surface area (Å²) in [6, 6.07) is 2.88. The highest BCUT2D eigenvalue weighted by Crippen LogP contribution is 2.18. The molecule has 2 aromatic heterocycles. The molecular weight excluding hydrogens is 270 g/mol. The molecule has 0 fully saturated rings. The summed E-state index contributed by atoms with van der Waals surface area (Å²) in [4.78, 5) is 29.2. The van der Waals surface area contributed by atoms with Crippen LogP contribution in [0.2, 0.25) is 0 Å². The first-order chi connectivity index (χ1) is 9.08. The lowest BCUT2D eigenvalue weighted by Crippen LogP contribution is -2.30. The molecule has 0 atom stereocenters. The molecule has 0 aliphatic carbocycles. The van der Waals surface area contributed by atoms with Crippen molar-refractivity contribution < 1.29 is 9.32 Å². The monoisotopic (exact) mass is 281 g/mol. The molecule has 0 unspecified atom stereocenters. The summed E-state index contributed by atoms with van der Waals surface area (Å²) >= 11 is 1.27. The van der Waals surface area contributed by atoms with Crippen LogP contribution < -0.4 is 16.8 Å². The molecule has 0 spiro atoms. The van der Waals surface area contributed by atoms with E-state index >= 15 is 0 Å². The van der Waals surface area contributed by atoms with Gasteiger partial charge < -0.3 is 9.51 Å². The Kier molecular flexibility index (Phi) is 3.97. The first kappa shape index (κ1) is 13.3. The van der Waals surface area contributed by atoms with Gasteiger partial charge in [-0.25, -0.2) is 10.8 Å². The van der Waals surface area contributed by atoms with E-state index in [0.717, 1.165) is 0 Å². The van der Waals surface area contributed by atoms with Gasteiger partial charge in [-0.15, -0.1) is 0 Å². The largest absolute Gasteiger partial charge is 0.360 e. The van der Waals surface area contributed by atoms with Crippen molar-refractivity contribution in [3.8, 4) is 0 Å². The molecule has 8 nitrogen and oxygen atoms in total. The van der Waals surface area contributed by atoms with E-state index in [1.807, 2.05) is 5.43 Å². The van der Waals surface area contributed by atoms with Crippen molar-refractivity contribution in [2.75, 3.05) is 0 Å².